The number of unbranched alkanes of at least 4 members (excludes halogenated alkanes) is 2. The summed E-state index contributed by atoms with van der Waals surface area (Å²) in [4.78, 5) is 67.4. The minimum Gasteiger partial charge on any atom is -0.494 e. The van der Waals surface area contributed by atoms with Gasteiger partial charge in [-0.1, -0.05) is 45.0 Å². The number of nitrogens with one attached hydrogen (secondary N) is 2. The van der Waals surface area contributed by atoms with Gasteiger partial charge in [0.05, 0.1) is 58.5 Å². The molecule has 22 heteroatoms. The van der Waals surface area contributed by atoms with E-state index >= 15 is 8.78 Å². The van der Waals surface area contributed by atoms with Crippen LogP contribution in [0.4, 0.5) is 33.3 Å². The fourth-order valence-corrected chi connectivity index (χ4v) is 10.3. The van der Waals surface area contributed by atoms with Crippen molar-refractivity contribution in [3.8, 4) is 28.1 Å². The number of carbonyl (C=O) groups excluding carboxylic acids is 4. The second-order valence-electron chi connectivity index (χ2n) is 20.1. The predicted molar refractivity (Wildman–Crippen MR) is 283 cm³/mol. The lowest BCUT2D eigenvalue weighted by molar-refractivity contribution is -0.142. The van der Waals surface area contributed by atoms with Crippen LogP contribution in [0.5, 0.6) is 11.6 Å². The number of anilines is 2. The molecule has 0 radical (unpaired) electrons. The first kappa shape index (κ1) is 57.6. The number of aryl methyl sites for hydroxylation is 1. The number of alkyl halides is 3. The van der Waals surface area contributed by atoms with Gasteiger partial charge in [-0.2, -0.15) is 18.4 Å². The molecule has 2 saturated heterocycles. The zero-order valence-electron chi connectivity index (χ0n) is 43.4. The van der Waals surface area contributed by atoms with Crippen LogP contribution in [0.2, 0.25) is 0 Å². The molecule has 0 saturated carbocycles. The summed E-state index contributed by atoms with van der Waals surface area (Å²) in [7, 11) is 0. The predicted octanol–water partition coefficient (Wildman–Crippen LogP) is 10.1. The second kappa shape index (κ2) is 24.5. The first-order valence-electron chi connectivity index (χ1n) is 25.0. The molecule has 408 valence electrons. The Morgan fingerprint density at radius 3 is 2.27 bits per heavy atom. The highest BCUT2D eigenvalue weighted by Crippen LogP contribution is 2.42. The Balaban J connectivity index is 0.788. The van der Waals surface area contributed by atoms with Gasteiger partial charge in [-0.15, -0.1) is 11.3 Å². The van der Waals surface area contributed by atoms with E-state index in [-0.39, 0.29) is 30.0 Å². The third kappa shape index (κ3) is 13.4. The molecule has 77 heavy (non-hydrogen) atoms. The van der Waals surface area contributed by atoms with Crippen LogP contribution in [-0.2, 0) is 31.8 Å². The molecule has 2 aromatic heterocycles. The van der Waals surface area contributed by atoms with Crippen LogP contribution in [0.1, 0.15) is 106 Å². The van der Waals surface area contributed by atoms with Crippen molar-refractivity contribution in [2.75, 3.05) is 42.8 Å². The van der Waals surface area contributed by atoms with Crippen LogP contribution in [0, 0.1) is 35.3 Å². The van der Waals surface area contributed by atoms with Crippen molar-refractivity contribution in [3.05, 3.63) is 118 Å². The Labute approximate surface area is 452 Å². The highest BCUT2D eigenvalue weighted by atomic mass is 32.1. The number of hydrogen-bond donors (Lipinski definition) is 2. The van der Waals surface area contributed by atoms with E-state index in [1.54, 1.807) is 40.5 Å². The summed E-state index contributed by atoms with van der Waals surface area (Å²) in [5.41, 5.74) is -0.772. The SMILES string of the molecule is Cc1ncsc1-c1ccc(CNC(=O)[C@@H]2CCCN2C(=O)[C@@H](NC(=O)c2ccc(OCCCOCCCCCOc3ncc(N4C(=S)N(c5ccc(C#N)c(C(F)(F)F)c5F)C(=O)C4(C)C)cc3F)cc2)C(C)(C)C)cc1. The number of nitriles is 1. The highest BCUT2D eigenvalue weighted by molar-refractivity contribution is 7.81. The van der Waals surface area contributed by atoms with E-state index in [4.69, 9.17) is 31.7 Å². The lowest BCUT2D eigenvalue weighted by atomic mass is 9.85. The number of nitrogens with zero attached hydrogens (tertiary/aromatic N) is 6. The molecule has 0 unspecified atom stereocenters. The average Bonchev–Trinajstić information content (AvgIpc) is 4.18. The smallest absolute Gasteiger partial charge is 0.420 e. The van der Waals surface area contributed by atoms with E-state index in [2.05, 4.69) is 20.6 Å². The standard InChI is InChI=1S/C55H59F5N8O7S2/c1-33-45(77-32-64-33)35-15-13-34(14-16-35)30-62-48(70)42-12-10-23-66(42)50(71)46(53(2,3)4)65-47(69)36-17-20-39(21-18-36)74-27-11-25-73-24-8-7-9-26-75-49-40(56)28-38(31-63-49)68-52(76)67(51(72)54(68,5)6)41-22-19-37(29-61)43(44(41)57)55(58,59)60/h13-22,28,31-32,42,46H,7-12,23-27,30H2,1-6H3,(H,62,70)(H,65,69)/t42-,46+/m0/s1. The molecule has 0 spiro atoms. The maximum absolute atomic E-state index is 15.4. The van der Waals surface area contributed by atoms with E-state index in [1.165, 1.54) is 26.1 Å². The van der Waals surface area contributed by atoms with E-state index in [1.807, 2.05) is 57.5 Å². The van der Waals surface area contributed by atoms with Crippen molar-refractivity contribution in [1.82, 2.24) is 25.5 Å². The van der Waals surface area contributed by atoms with Crippen LogP contribution >= 0.6 is 23.6 Å². The van der Waals surface area contributed by atoms with Crippen LogP contribution in [0.15, 0.2) is 78.4 Å². The molecule has 0 aliphatic carbocycles. The molecule has 3 aromatic carbocycles. The van der Waals surface area contributed by atoms with Crippen molar-refractivity contribution in [2.24, 2.45) is 5.41 Å². The zero-order chi connectivity index (χ0) is 55.8. The van der Waals surface area contributed by atoms with Gasteiger partial charge in [-0.3, -0.25) is 24.1 Å². The molecule has 4 heterocycles. The Kier molecular flexibility index (Phi) is 18.3. The molecule has 4 amide bonds. The number of amides is 4. The molecule has 2 atom stereocenters. The normalized spacial score (nSPS) is 15.9. The van der Waals surface area contributed by atoms with Crippen molar-refractivity contribution in [1.29, 1.82) is 5.26 Å². The molecule has 5 aromatic rings. The minimum absolute atomic E-state index is 0.0267. The minimum atomic E-state index is -5.24. The maximum Gasteiger partial charge on any atom is 0.420 e. The number of hydrogen-bond acceptors (Lipinski definition) is 12. The first-order chi connectivity index (χ1) is 36.5. The third-order valence-corrected chi connectivity index (χ3v) is 14.5. The zero-order valence-corrected chi connectivity index (χ0v) is 45.0. The molecule has 2 fully saturated rings. The Morgan fingerprint density at radius 2 is 1.62 bits per heavy atom. The third-order valence-electron chi connectivity index (χ3n) is 13.1. The van der Waals surface area contributed by atoms with E-state index < -0.39 is 74.6 Å². The summed E-state index contributed by atoms with van der Waals surface area (Å²) in [6.45, 7) is 12.5. The largest absolute Gasteiger partial charge is 0.494 e. The number of aromatic nitrogens is 2. The maximum atomic E-state index is 15.4. The lowest BCUT2D eigenvalue weighted by Crippen LogP contribution is -2.57. The van der Waals surface area contributed by atoms with E-state index in [0.29, 0.717) is 87.6 Å². The number of thiocarbonyl (C=S) groups is 1. The van der Waals surface area contributed by atoms with Crippen molar-refractivity contribution < 1.29 is 55.3 Å². The van der Waals surface area contributed by atoms with Crippen molar-refractivity contribution in [2.45, 2.75) is 110 Å². The van der Waals surface area contributed by atoms with Gasteiger partial charge < -0.3 is 34.6 Å². The Hall–Kier alpha value is -7.09. The van der Waals surface area contributed by atoms with Crippen LogP contribution in [-0.4, -0.2) is 94.2 Å². The number of likely N-dealkylation sites (tertiary alicyclic amines) is 1. The van der Waals surface area contributed by atoms with Crippen molar-refractivity contribution >= 4 is 63.7 Å². The fraction of sp³-hybridized carbons (Fsp3) is 0.418. The highest BCUT2D eigenvalue weighted by Gasteiger charge is 2.52. The van der Waals surface area contributed by atoms with Gasteiger partial charge in [0.2, 0.25) is 11.8 Å². The summed E-state index contributed by atoms with van der Waals surface area (Å²) in [6.07, 6.45) is -0.343. The average molecular weight is 1100 g/mol. The molecule has 2 aliphatic heterocycles. The topological polar surface area (TPSA) is 179 Å². The quantitative estimate of drug-likeness (QED) is 0.0404. The van der Waals surface area contributed by atoms with Gasteiger partial charge in [-0.25, -0.2) is 18.7 Å². The number of pyridine rings is 1. The number of benzene rings is 3. The van der Waals surface area contributed by atoms with Gasteiger partial charge >= 0.3 is 6.18 Å². The number of ether oxygens (including phenoxy) is 3. The molecule has 2 N–H and O–H groups in total. The number of thiazole rings is 1. The van der Waals surface area contributed by atoms with Crippen LogP contribution in [0.25, 0.3) is 10.4 Å². The molecule has 7 rings (SSSR count). The summed E-state index contributed by atoms with van der Waals surface area (Å²) < 4.78 is 89.0. The Bertz CT molecular complexity index is 3010. The molecule has 15 nitrogen and oxygen atoms in total. The summed E-state index contributed by atoms with van der Waals surface area (Å²) in [6, 6.07) is 17.0. The van der Waals surface area contributed by atoms with Crippen LogP contribution in [0.3, 0.4) is 0 Å². The summed E-state index contributed by atoms with van der Waals surface area (Å²) in [5.74, 6) is -4.38. The number of halogens is 5. The molecule has 2 aliphatic rings. The Morgan fingerprint density at radius 1 is 0.935 bits per heavy atom. The molecular weight excluding hydrogens is 1040 g/mol. The lowest BCUT2D eigenvalue weighted by Gasteiger charge is -2.35. The van der Waals surface area contributed by atoms with Gasteiger partial charge in [-0.05, 0) is 118 Å². The fourth-order valence-electron chi connectivity index (χ4n) is 8.99. The summed E-state index contributed by atoms with van der Waals surface area (Å²) >= 11 is 7.00. The summed E-state index contributed by atoms with van der Waals surface area (Å²) in [5, 5.41) is 14.7. The molecular formula is C55H59F5N8O7S2. The number of carbonyl (C=O) groups is 4. The van der Waals surface area contributed by atoms with Gasteiger partial charge in [0, 0.05) is 44.4 Å². The monoisotopic (exact) mass is 1100 g/mol. The second-order valence-corrected chi connectivity index (χ2v) is 21.3. The number of rotatable bonds is 21. The van der Waals surface area contributed by atoms with Crippen molar-refractivity contribution in [3.63, 3.8) is 0 Å². The molecule has 0 bridgehead atoms. The van der Waals surface area contributed by atoms with E-state index in [9.17, 15) is 32.3 Å². The van der Waals surface area contributed by atoms with Gasteiger partial charge in [0.25, 0.3) is 17.7 Å². The van der Waals surface area contributed by atoms with Gasteiger partial charge in [0.1, 0.15) is 28.9 Å². The van der Waals surface area contributed by atoms with Gasteiger partial charge in [0.15, 0.2) is 16.7 Å². The van der Waals surface area contributed by atoms with E-state index in [0.717, 1.165) is 44.8 Å². The first-order valence-corrected chi connectivity index (χ1v) is 26.3. The van der Waals surface area contributed by atoms with Crippen LogP contribution < -0.4 is 29.9 Å².